The van der Waals surface area contributed by atoms with Gasteiger partial charge in [-0.1, -0.05) is 18.2 Å². The minimum Gasteiger partial charge on any atom is -0.454 e. The van der Waals surface area contributed by atoms with E-state index < -0.39 is 5.91 Å². The van der Waals surface area contributed by atoms with Gasteiger partial charge in [0, 0.05) is 19.3 Å². The van der Waals surface area contributed by atoms with Gasteiger partial charge in [0.25, 0.3) is 5.91 Å². The van der Waals surface area contributed by atoms with Crippen LogP contribution in [-0.4, -0.2) is 12.7 Å². The van der Waals surface area contributed by atoms with Crippen molar-refractivity contribution in [2.75, 3.05) is 6.79 Å². The molecule has 2 aromatic carbocycles. The molecule has 0 saturated carbocycles. The van der Waals surface area contributed by atoms with Crippen LogP contribution >= 0.6 is 0 Å². The number of halogens is 1. The number of nitrogens with zero attached hydrogens (tertiary/aromatic N) is 1. The molecule has 1 aliphatic rings. The standard InChI is InChI=1S/C19H16FN3O3/c20-16-3-1-2-13(6-16)9-22-11-15(8-21)19(24)23-10-14-4-5-17-18(7-14)26-12-25-17/h1-7,11,22H,9-10,12H2,(H,23,24)/b15-11-. The summed E-state index contributed by atoms with van der Waals surface area (Å²) >= 11 is 0. The molecule has 2 N–H and O–H groups in total. The fourth-order valence-corrected chi connectivity index (χ4v) is 2.39. The number of ether oxygens (including phenoxy) is 2. The fraction of sp³-hybridized carbons (Fsp3) is 0.158. The lowest BCUT2D eigenvalue weighted by molar-refractivity contribution is -0.117. The second-order valence-corrected chi connectivity index (χ2v) is 5.55. The third kappa shape index (κ3) is 4.30. The van der Waals surface area contributed by atoms with Gasteiger partial charge >= 0.3 is 0 Å². The Morgan fingerprint density at radius 1 is 1.15 bits per heavy atom. The van der Waals surface area contributed by atoms with Crippen molar-refractivity contribution in [1.29, 1.82) is 5.26 Å². The van der Waals surface area contributed by atoms with Gasteiger partial charge in [-0.15, -0.1) is 0 Å². The van der Waals surface area contributed by atoms with Crippen LogP contribution in [0.1, 0.15) is 11.1 Å². The Morgan fingerprint density at radius 3 is 2.77 bits per heavy atom. The van der Waals surface area contributed by atoms with Gasteiger partial charge in [-0.25, -0.2) is 4.39 Å². The summed E-state index contributed by atoms with van der Waals surface area (Å²) in [4.78, 5) is 12.1. The number of amides is 1. The molecule has 0 aromatic heterocycles. The topological polar surface area (TPSA) is 83.4 Å². The van der Waals surface area contributed by atoms with Crippen LogP contribution in [0.25, 0.3) is 0 Å². The van der Waals surface area contributed by atoms with Crippen molar-refractivity contribution in [3.8, 4) is 17.6 Å². The van der Waals surface area contributed by atoms with Gasteiger partial charge in [-0.2, -0.15) is 5.26 Å². The molecule has 0 unspecified atom stereocenters. The number of hydrogen-bond donors (Lipinski definition) is 2. The largest absolute Gasteiger partial charge is 0.454 e. The number of nitriles is 1. The number of hydrogen-bond acceptors (Lipinski definition) is 5. The molecule has 26 heavy (non-hydrogen) atoms. The first-order chi connectivity index (χ1) is 12.7. The van der Waals surface area contributed by atoms with Crippen molar-refractivity contribution < 1.29 is 18.7 Å². The van der Waals surface area contributed by atoms with Crippen LogP contribution in [0, 0.1) is 17.1 Å². The predicted octanol–water partition coefficient (Wildman–Crippen LogP) is 2.37. The molecular weight excluding hydrogens is 337 g/mol. The van der Waals surface area contributed by atoms with Crippen molar-refractivity contribution in [2.24, 2.45) is 0 Å². The molecular formula is C19H16FN3O3. The van der Waals surface area contributed by atoms with Crippen molar-refractivity contribution >= 4 is 5.91 Å². The lowest BCUT2D eigenvalue weighted by Gasteiger charge is -2.06. The van der Waals surface area contributed by atoms with Crippen LogP contribution in [-0.2, 0) is 17.9 Å². The van der Waals surface area contributed by atoms with Gasteiger partial charge in [-0.3, -0.25) is 4.79 Å². The Kier molecular flexibility index (Phi) is 5.34. The van der Waals surface area contributed by atoms with Crippen LogP contribution in [0.2, 0.25) is 0 Å². The van der Waals surface area contributed by atoms with E-state index in [-0.39, 0.29) is 24.7 Å². The molecule has 0 atom stereocenters. The number of nitrogens with one attached hydrogen (secondary N) is 2. The number of benzene rings is 2. The summed E-state index contributed by atoms with van der Waals surface area (Å²) in [5, 5.41) is 14.7. The van der Waals surface area contributed by atoms with Crippen LogP contribution in [0.15, 0.2) is 54.2 Å². The normalized spacial score (nSPS) is 12.4. The molecule has 1 aliphatic heterocycles. The maximum atomic E-state index is 13.1. The first kappa shape index (κ1) is 17.3. The van der Waals surface area contributed by atoms with Crippen molar-refractivity contribution in [2.45, 2.75) is 13.1 Å². The summed E-state index contributed by atoms with van der Waals surface area (Å²) in [5.74, 6) is 0.455. The summed E-state index contributed by atoms with van der Waals surface area (Å²) in [6, 6.07) is 13.3. The second-order valence-electron chi connectivity index (χ2n) is 5.55. The molecule has 0 bridgehead atoms. The highest BCUT2D eigenvalue weighted by Gasteiger charge is 2.14. The average Bonchev–Trinajstić information content (AvgIpc) is 3.11. The SMILES string of the molecule is N#C/C(=C/NCc1cccc(F)c1)C(=O)NCc1ccc2c(c1)OCO2. The highest BCUT2D eigenvalue weighted by atomic mass is 19.1. The first-order valence-corrected chi connectivity index (χ1v) is 7.90. The molecule has 0 aliphatic carbocycles. The zero-order valence-electron chi connectivity index (χ0n) is 13.8. The Hall–Kier alpha value is -3.53. The van der Waals surface area contributed by atoms with Crippen molar-refractivity contribution in [1.82, 2.24) is 10.6 Å². The molecule has 1 amide bonds. The zero-order chi connectivity index (χ0) is 18.4. The first-order valence-electron chi connectivity index (χ1n) is 7.90. The van der Waals surface area contributed by atoms with Crippen LogP contribution < -0.4 is 20.1 Å². The minimum atomic E-state index is -0.503. The van der Waals surface area contributed by atoms with E-state index in [2.05, 4.69) is 10.6 Å². The summed E-state index contributed by atoms with van der Waals surface area (Å²) in [5.41, 5.74) is 1.47. The van der Waals surface area contributed by atoms with Crippen LogP contribution in [0.3, 0.4) is 0 Å². The lowest BCUT2D eigenvalue weighted by Crippen LogP contribution is -2.25. The van der Waals surface area contributed by atoms with E-state index in [0.29, 0.717) is 23.6 Å². The van der Waals surface area contributed by atoms with Gasteiger partial charge in [-0.05, 0) is 35.4 Å². The maximum Gasteiger partial charge on any atom is 0.263 e. The smallest absolute Gasteiger partial charge is 0.263 e. The Morgan fingerprint density at radius 2 is 1.96 bits per heavy atom. The van der Waals surface area contributed by atoms with E-state index >= 15 is 0 Å². The third-order valence-electron chi connectivity index (χ3n) is 3.70. The van der Waals surface area contributed by atoms with E-state index in [0.717, 1.165) is 5.56 Å². The molecule has 0 saturated heterocycles. The monoisotopic (exact) mass is 353 g/mol. The van der Waals surface area contributed by atoms with E-state index in [1.54, 1.807) is 24.3 Å². The molecule has 2 aromatic rings. The number of carbonyl (C=O) groups is 1. The molecule has 0 spiro atoms. The Balaban J connectivity index is 1.54. The highest BCUT2D eigenvalue weighted by Crippen LogP contribution is 2.32. The van der Waals surface area contributed by atoms with E-state index in [1.807, 2.05) is 12.1 Å². The quantitative estimate of drug-likeness (QED) is 0.615. The summed E-state index contributed by atoms with van der Waals surface area (Å²) in [6.45, 7) is 0.736. The summed E-state index contributed by atoms with van der Waals surface area (Å²) < 4.78 is 23.6. The van der Waals surface area contributed by atoms with E-state index in [4.69, 9.17) is 14.7 Å². The summed E-state index contributed by atoms with van der Waals surface area (Å²) in [7, 11) is 0. The van der Waals surface area contributed by atoms with Crippen LogP contribution in [0.5, 0.6) is 11.5 Å². The van der Waals surface area contributed by atoms with E-state index in [1.165, 1.54) is 18.3 Å². The molecule has 3 rings (SSSR count). The lowest BCUT2D eigenvalue weighted by atomic mass is 10.2. The average molecular weight is 353 g/mol. The fourth-order valence-electron chi connectivity index (χ4n) is 2.39. The zero-order valence-corrected chi connectivity index (χ0v) is 13.8. The molecule has 1 heterocycles. The summed E-state index contributed by atoms with van der Waals surface area (Å²) in [6.07, 6.45) is 1.32. The van der Waals surface area contributed by atoms with Gasteiger partial charge in [0.2, 0.25) is 6.79 Å². The predicted molar refractivity (Wildman–Crippen MR) is 91.3 cm³/mol. The van der Waals surface area contributed by atoms with Crippen molar-refractivity contribution in [3.63, 3.8) is 0 Å². The van der Waals surface area contributed by atoms with Crippen molar-refractivity contribution in [3.05, 3.63) is 71.2 Å². The Bertz CT molecular complexity index is 890. The molecule has 7 heteroatoms. The van der Waals surface area contributed by atoms with Gasteiger partial charge in [0.1, 0.15) is 17.5 Å². The van der Waals surface area contributed by atoms with Gasteiger partial charge in [0.15, 0.2) is 11.5 Å². The third-order valence-corrected chi connectivity index (χ3v) is 3.70. The van der Waals surface area contributed by atoms with Gasteiger partial charge in [0.05, 0.1) is 0 Å². The van der Waals surface area contributed by atoms with E-state index in [9.17, 15) is 9.18 Å². The molecule has 6 nitrogen and oxygen atoms in total. The Labute approximate surface area is 149 Å². The molecule has 0 radical (unpaired) electrons. The number of rotatable bonds is 6. The maximum absolute atomic E-state index is 13.1. The highest BCUT2D eigenvalue weighted by molar-refractivity contribution is 5.97. The molecule has 0 fully saturated rings. The van der Waals surface area contributed by atoms with Crippen LogP contribution in [0.4, 0.5) is 4.39 Å². The number of fused-ring (bicyclic) bond motifs is 1. The second kappa shape index (κ2) is 8.03. The molecule has 132 valence electrons. The van der Waals surface area contributed by atoms with Gasteiger partial charge < -0.3 is 20.1 Å². The number of carbonyl (C=O) groups excluding carboxylic acids is 1. The minimum absolute atomic E-state index is 0.0675.